The summed E-state index contributed by atoms with van der Waals surface area (Å²) in [5, 5.41) is 12.2. The van der Waals surface area contributed by atoms with Gasteiger partial charge in [-0.25, -0.2) is 13.8 Å². The van der Waals surface area contributed by atoms with E-state index < -0.39 is 17.0 Å². The zero-order chi connectivity index (χ0) is 20.2. The molecule has 1 amide bonds. The van der Waals surface area contributed by atoms with Gasteiger partial charge in [0.2, 0.25) is 5.91 Å². The molecule has 5 rings (SSSR count). The average Bonchev–Trinajstić information content (AvgIpc) is 3.21. The van der Waals surface area contributed by atoms with Crippen molar-refractivity contribution in [1.82, 2.24) is 20.2 Å². The molecule has 3 saturated heterocycles. The van der Waals surface area contributed by atoms with Crippen LogP contribution in [-0.2, 0) is 4.79 Å². The van der Waals surface area contributed by atoms with Crippen molar-refractivity contribution >= 4 is 23.3 Å². The predicted molar refractivity (Wildman–Crippen MR) is 103 cm³/mol. The second-order valence-corrected chi connectivity index (χ2v) is 8.41. The summed E-state index contributed by atoms with van der Waals surface area (Å²) < 4.78 is 27.4. The van der Waals surface area contributed by atoms with E-state index >= 15 is 0 Å². The van der Waals surface area contributed by atoms with Crippen LogP contribution in [0.4, 0.5) is 14.6 Å². The summed E-state index contributed by atoms with van der Waals surface area (Å²) in [5.74, 6) is -0.412. The lowest BCUT2D eigenvalue weighted by atomic mass is 9.77. The summed E-state index contributed by atoms with van der Waals surface area (Å²) in [4.78, 5) is 15.5. The minimum atomic E-state index is -0.614. The molecule has 1 aromatic heterocycles. The van der Waals surface area contributed by atoms with Crippen LogP contribution in [-0.4, -0.2) is 52.3 Å². The predicted octanol–water partition coefficient (Wildman–Crippen LogP) is 3.20. The van der Waals surface area contributed by atoms with Crippen molar-refractivity contribution in [3.05, 3.63) is 52.7 Å². The quantitative estimate of drug-likeness (QED) is 0.748. The lowest BCUT2D eigenvalue weighted by Gasteiger charge is -2.38. The highest BCUT2D eigenvalue weighted by molar-refractivity contribution is 6.29. The van der Waals surface area contributed by atoms with Crippen LogP contribution in [0.15, 0.2) is 30.3 Å². The number of piperidine rings is 1. The highest BCUT2D eigenvalue weighted by Crippen LogP contribution is 2.47. The molecule has 0 bridgehead atoms. The number of anilines is 1. The molecule has 0 radical (unpaired) electrons. The van der Waals surface area contributed by atoms with E-state index in [1.807, 2.05) is 11.1 Å². The molecule has 1 atom stereocenters. The number of halogens is 3. The van der Waals surface area contributed by atoms with Crippen molar-refractivity contribution in [3.63, 3.8) is 0 Å². The van der Waals surface area contributed by atoms with E-state index in [0.29, 0.717) is 56.2 Å². The second-order valence-electron chi connectivity index (χ2n) is 8.03. The molecule has 1 aromatic carbocycles. The van der Waals surface area contributed by atoms with Gasteiger partial charge in [-0.05, 0) is 49.1 Å². The zero-order valence-corrected chi connectivity index (χ0v) is 16.4. The summed E-state index contributed by atoms with van der Waals surface area (Å²) in [7, 11) is 0. The van der Waals surface area contributed by atoms with Gasteiger partial charge >= 0.3 is 0 Å². The highest BCUT2D eigenvalue weighted by atomic mass is 35.5. The minimum absolute atomic E-state index is 0.0616. The maximum atomic E-state index is 13.7. The molecule has 0 unspecified atom stereocenters. The average molecular weight is 420 g/mol. The SMILES string of the molecule is O=C1N2[C@H](c3cc(F)cc(F)c3)CCN2CC12CCN(c1ccc(Cl)nn1)CC2. The molecule has 0 aliphatic carbocycles. The molecule has 2 aromatic rings. The fourth-order valence-electron chi connectivity index (χ4n) is 4.87. The van der Waals surface area contributed by atoms with Crippen LogP contribution in [0.5, 0.6) is 0 Å². The standard InChI is InChI=1S/C20H20ClF2N5O/c21-17-1-2-18(25-24-17)26-7-4-20(5-8-26)12-27-6-3-16(28(27)19(20)29)13-9-14(22)11-15(23)10-13/h1-2,9-11,16H,3-8,12H2/t16-/m0/s1. The Hall–Kier alpha value is -2.32. The molecular weight excluding hydrogens is 400 g/mol. The molecule has 3 fully saturated rings. The largest absolute Gasteiger partial charge is 0.355 e. The van der Waals surface area contributed by atoms with Gasteiger partial charge in [0, 0.05) is 32.2 Å². The van der Waals surface area contributed by atoms with Gasteiger partial charge in [-0.2, -0.15) is 0 Å². The van der Waals surface area contributed by atoms with Crippen LogP contribution in [0.25, 0.3) is 0 Å². The first-order chi connectivity index (χ1) is 13.9. The maximum absolute atomic E-state index is 13.7. The van der Waals surface area contributed by atoms with E-state index in [2.05, 4.69) is 15.1 Å². The van der Waals surface area contributed by atoms with E-state index in [1.54, 1.807) is 11.1 Å². The van der Waals surface area contributed by atoms with Gasteiger partial charge in [0.05, 0.1) is 11.5 Å². The molecule has 3 aliphatic rings. The monoisotopic (exact) mass is 419 g/mol. The molecule has 152 valence electrons. The van der Waals surface area contributed by atoms with Crippen LogP contribution < -0.4 is 4.90 Å². The molecule has 6 nitrogen and oxygen atoms in total. The van der Waals surface area contributed by atoms with Crippen molar-refractivity contribution in [3.8, 4) is 0 Å². The first-order valence-corrected chi connectivity index (χ1v) is 10.1. The van der Waals surface area contributed by atoms with Crippen LogP contribution >= 0.6 is 11.6 Å². The number of carbonyl (C=O) groups is 1. The first-order valence-electron chi connectivity index (χ1n) is 9.74. The number of fused-ring (bicyclic) bond motifs is 1. The number of nitrogens with zero attached hydrogens (tertiary/aromatic N) is 5. The molecule has 29 heavy (non-hydrogen) atoms. The molecule has 0 saturated carbocycles. The Bertz CT molecular complexity index is 928. The van der Waals surface area contributed by atoms with E-state index in [-0.39, 0.29) is 11.9 Å². The van der Waals surface area contributed by atoms with Gasteiger partial charge in [0.25, 0.3) is 0 Å². The number of rotatable bonds is 2. The van der Waals surface area contributed by atoms with Crippen molar-refractivity contribution < 1.29 is 13.6 Å². The first kappa shape index (κ1) is 18.7. The van der Waals surface area contributed by atoms with Gasteiger partial charge in [0.1, 0.15) is 11.6 Å². The summed E-state index contributed by atoms with van der Waals surface area (Å²) in [6.07, 6.45) is 2.08. The number of aromatic nitrogens is 2. The van der Waals surface area contributed by atoms with Crippen LogP contribution in [0.3, 0.4) is 0 Å². The van der Waals surface area contributed by atoms with Crippen molar-refractivity contribution in [2.45, 2.75) is 25.3 Å². The van der Waals surface area contributed by atoms with E-state index in [1.165, 1.54) is 12.1 Å². The number of carbonyl (C=O) groups excluding carboxylic acids is 1. The number of hydrazine groups is 1. The Kier molecular flexibility index (Phi) is 4.43. The lowest BCUT2D eigenvalue weighted by molar-refractivity contribution is -0.143. The Balaban J connectivity index is 1.34. The maximum Gasteiger partial charge on any atom is 0.245 e. The van der Waals surface area contributed by atoms with Crippen LogP contribution in [0.2, 0.25) is 5.15 Å². The van der Waals surface area contributed by atoms with Crippen molar-refractivity contribution in [1.29, 1.82) is 0 Å². The normalized spacial score (nSPS) is 23.8. The molecular formula is C20H20ClF2N5O. The lowest BCUT2D eigenvalue weighted by Crippen LogP contribution is -2.46. The Morgan fingerprint density at radius 3 is 2.41 bits per heavy atom. The van der Waals surface area contributed by atoms with Crippen molar-refractivity contribution in [2.24, 2.45) is 5.41 Å². The third kappa shape index (κ3) is 3.14. The topological polar surface area (TPSA) is 52.6 Å². The van der Waals surface area contributed by atoms with Crippen LogP contribution in [0, 0.1) is 17.0 Å². The molecule has 4 heterocycles. The second kappa shape index (κ2) is 6.88. The summed E-state index contributed by atoms with van der Waals surface area (Å²) in [6, 6.07) is 6.75. The number of amides is 1. The third-order valence-electron chi connectivity index (χ3n) is 6.34. The minimum Gasteiger partial charge on any atom is -0.355 e. The zero-order valence-electron chi connectivity index (χ0n) is 15.7. The Morgan fingerprint density at radius 2 is 1.76 bits per heavy atom. The fourth-order valence-corrected chi connectivity index (χ4v) is 4.97. The number of benzene rings is 1. The van der Waals surface area contributed by atoms with E-state index in [9.17, 15) is 13.6 Å². The van der Waals surface area contributed by atoms with Crippen molar-refractivity contribution in [2.75, 3.05) is 31.1 Å². The molecule has 1 spiro atoms. The van der Waals surface area contributed by atoms with Gasteiger partial charge in [-0.3, -0.25) is 9.80 Å². The summed E-state index contributed by atoms with van der Waals surface area (Å²) in [5.41, 5.74) is 0.0604. The fraction of sp³-hybridized carbons (Fsp3) is 0.450. The Labute approximate surface area is 172 Å². The molecule has 3 aliphatic heterocycles. The van der Waals surface area contributed by atoms with Gasteiger partial charge in [-0.15, -0.1) is 10.2 Å². The van der Waals surface area contributed by atoms with Crippen LogP contribution in [0.1, 0.15) is 30.9 Å². The number of hydrogen-bond donors (Lipinski definition) is 0. The third-order valence-corrected chi connectivity index (χ3v) is 6.54. The van der Waals surface area contributed by atoms with Gasteiger partial charge < -0.3 is 4.90 Å². The summed E-state index contributed by atoms with van der Waals surface area (Å²) in [6.45, 7) is 2.76. The molecule has 9 heteroatoms. The van der Waals surface area contributed by atoms with E-state index in [4.69, 9.17) is 11.6 Å². The molecule has 0 N–H and O–H groups in total. The Morgan fingerprint density at radius 1 is 1.03 bits per heavy atom. The number of hydrogen-bond acceptors (Lipinski definition) is 5. The smallest absolute Gasteiger partial charge is 0.245 e. The van der Waals surface area contributed by atoms with Gasteiger partial charge in [-0.1, -0.05) is 11.6 Å². The highest BCUT2D eigenvalue weighted by Gasteiger charge is 2.56. The van der Waals surface area contributed by atoms with E-state index in [0.717, 1.165) is 11.9 Å². The van der Waals surface area contributed by atoms with Gasteiger partial charge in [0.15, 0.2) is 11.0 Å². The summed E-state index contributed by atoms with van der Waals surface area (Å²) >= 11 is 5.81.